The maximum absolute atomic E-state index is 4.46. The van der Waals surface area contributed by atoms with Gasteiger partial charge in [0.15, 0.2) is 0 Å². The first-order valence-electron chi connectivity index (χ1n) is 5.38. The fourth-order valence-electron chi connectivity index (χ4n) is 1.53. The van der Waals surface area contributed by atoms with Crippen LogP contribution in [-0.4, -0.2) is 21.5 Å². The SMILES string of the molecule is Cc1nc(C(C)NCCc2cnc[nH]2)cs1. The zero-order chi connectivity index (χ0) is 11.4. The van der Waals surface area contributed by atoms with Crippen molar-refractivity contribution in [3.05, 3.63) is 34.3 Å². The molecule has 1 atom stereocenters. The molecule has 1 unspecified atom stereocenters. The van der Waals surface area contributed by atoms with Crippen molar-refractivity contribution < 1.29 is 0 Å². The van der Waals surface area contributed by atoms with E-state index in [1.54, 1.807) is 17.7 Å². The largest absolute Gasteiger partial charge is 0.348 e. The number of hydrogen-bond donors (Lipinski definition) is 2. The van der Waals surface area contributed by atoms with E-state index in [9.17, 15) is 0 Å². The van der Waals surface area contributed by atoms with E-state index in [2.05, 4.69) is 32.6 Å². The van der Waals surface area contributed by atoms with Gasteiger partial charge in [-0.3, -0.25) is 0 Å². The van der Waals surface area contributed by atoms with Gasteiger partial charge in [-0.2, -0.15) is 0 Å². The van der Waals surface area contributed by atoms with Crippen LogP contribution in [-0.2, 0) is 6.42 Å². The monoisotopic (exact) mass is 236 g/mol. The molecular formula is C11H16N4S. The molecule has 0 aliphatic heterocycles. The molecular weight excluding hydrogens is 220 g/mol. The Hall–Kier alpha value is -1.20. The summed E-state index contributed by atoms with van der Waals surface area (Å²) in [5.41, 5.74) is 2.29. The van der Waals surface area contributed by atoms with Crippen molar-refractivity contribution in [3.63, 3.8) is 0 Å². The highest BCUT2D eigenvalue weighted by molar-refractivity contribution is 7.09. The normalized spacial score (nSPS) is 12.9. The summed E-state index contributed by atoms with van der Waals surface area (Å²) in [4.78, 5) is 11.5. The summed E-state index contributed by atoms with van der Waals surface area (Å²) in [6.07, 6.45) is 4.54. The van der Waals surface area contributed by atoms with E-state index in [4.69, 9.17) is 0 Å². The molecule has 2 heterocycles. The van der Waals surface area contributed by atoms with Crippen molar-refractivity contribution in [3.8, 4) is 0 Å². The third-order valence-corrected chi connectivity index (χ3v) is 3.27. The number of rotatable bonds is 5. The summed E-state index contributed by atoms with van der Waals surface area (Å²) in [5.74, 6) is 0. The molecule has 0 aromatic carbocycles. The predicted molar refractivity (Wildman–Crippen MR) is 65.6 cm³/mol. The van der Waals surface area contributed by atoms with Crippen LogP contribution in [0.3, 0.4) is 0 Å². The number of hydrogen-bond acceptors (Lipinski definition) is 4. The highest BCUT2D eigenvalue weighted by Crippen LogP contribution is 2.15. The van der Waals surface area contributed by atoms with Gasteiger partial charge in [0.2, 0.25) is 0 Å². The van der Waals surface area contributed by atoms with Crippen LogP contribution in [0.25, 0.3) is 0 Å². The number of aromatic nitrogens is 3. The fourth-order valence-corrected chi connectivity index (χ4v) is 2.23. The van der Waals surface area contributed by atoms with Gasteiger partial charge in [-0.25, -0.2) is 9.97 Å². The molecule has 0 fully saturated rings. The number of nitrogens with one attached hydrogen (secondary N) is 2. The van der Waals surface area contributed by atoms with Gasteiger partial charge < -0.3 is 10.3 Å². The van der Waals surface area contributed by atoms with Crippen LogP contribution >= 0.6 is 11.3 Å². The number of aryl methyl sites for hydroxylation is 1. The van der Waals surface area contributed by atoms with Crippen LogP contribution in [0.15, 0.2) is 17.9 Å². The van der Waals surface area contributed by atoms with Crippen LogP contribution < -0.4 is 5.32 Å². The lowest BCUT2D eigenvalue weighted by molar-refractivity contribution is 0.564. The minimum Gasteiger partial charge on any atom is -0.348 e. The number of thiazole rings is 1. The first-order valence-corrected chi connectivity index (χ1v) is 6.26. The quantitative estimate of drug-likeness (QED) is 0.835. The highest BCUT2D eigenvalue weighted by Gasteiger charge is 2.07. The van der Waals surface area contributed by atoms with Gasteiger partial charge in [0.05, 0.1) is 17.0 Å². The molecule has 0 spiro atoms. The molecule has 2 aromatic rings. The molecule has 2 aromatic heterocycles. The second-order valence-corrected chi connectivity index (χ2v) is 4.86. The fraction of sp³-hybridized carbons (Fsp3) is 0.455. The molecule has 0 radical (unpaired) electrons. The van der Waals surface area contributed by atoms with Gasteiger partial charge >= 0.3 is 0 Å². The van der Waals surface area contributed by atoms with Crippen LogP contribution in [0.4, 0.5) is 0 Å². The zero-order valence-corrected chi connectivity index (χ0v) is 10.3. The number of H-pyrrole nitrogens is 1. The number of aromatic amines is 1. The van der Waals surface area contributed by atoms with Crippen LogP contribution in [0.5, 0.6) is 0 Å². The smallest absolute Gasteiger partial charge is 0.0921 e. The summed E-state index contributed by atoms with van der Waals surface area (Å²) in [6, 6.07) is 0.313. The summed E-state index contributed by atoms with van der Waals surface area (Å²) in [6.45, 7) is 5.10. The first kappa shape index (κ1) is 11.3. The molecule has 86 valence electrons. The van der Waals surface area contributed by atoms with Crippen molar-refractivity contribution in [2.24, 2.45) is 0 Å². The lowest BCUT2D eigenvalue weighted by atomic mass is 10.2. The molecule has 0 bridgehead atoms. The van der Waals surface area contributed by atoms with Crippen molar-refractivity contribution in [2.75, 3.05) is 6.54 Å². The van der Waals surface area contributed by atoms with Crippen LogP contribution in [0, 0.1) is 6.92 Å². The Morgan fingerprint density at radius 2 is 2.44 bits per heavy atom. The van der Waals surface area contributed by atoms with Gasteiger partial charge in [0, 0.05) is 36.3 Å². The Bertz CT molecular complexity index is 421. The maximum atomic E-state index is 4.46. The molecule has 0 saturated carbocycles. The van der Waals surface area contributed by atoms with Crippen molar-refractivity contribution in [1.29, 1.82) is 0 Å². The topological polar surface area (TPSA) is 53.6 Å². The lowest BCUT2D eigenvalue weighted by Gasteiger charge is -2.10. The molecule has 0 aliphatic carbocycles. The van der Waals surface area contributed by atoms with Crippen molar-refractivity contribution in [2.45, 2.75) is 26.3 Å². The molecule has 0 saturated heterocycles. The summed E-state index contributed by atoms with van der Waals surface area (Å²) < 4.78 is 0. The summed E-state index contributed by atoms with van der Waals surface area (Å²) in [5, 5.41) is 6.68. The average molecular weight is 236 g/mol. The van der Waals surface area contributed by atoms with Gasteiger partial charge in [-0.1, -0.05) is 0 Å². The second kappa shape index (κ2) is 5.23. The van der Waals surface area contributed by atoms with E-state index in [-0.39, 0.29) is 0 Å². The second-order valence-electron chi connectivity index (χ2n) is 3.79. The number of imidazole rings is 1. The molecule has 5 heteroatoms. The van der Waals surface area contributed by atoms with Gasteiger partial charge in [-0.15, -0.1) is 11.3 Å². The lowest BCUT2D eigenvalue weighted by Crippen LogP contribution is -2.21. The van der Waals surface area contributed by atoms with E-state index in [1.807, 2.05) is 13.1 Å². The molecule has 4 nitrogen and oxygen atoms in total. The Morgan fingerprint density at radius 1 is 1.56 bits per heavy atom. The van der Waals surface area contributed by atoms with E-state index >= 15 is 0 Å². The van der Waals surface area contributed by atoms with Gasteiger partial charge in [0.1, 0.15) is 0 Å². The maximum Gasteiger partial charge on any atom is 0.0921 e. The molecule has 0 aliphatic rings. The van der Waals surface area contributed by atoms with Crippen molar-refractivity contribution in [1.82, 2.24) is 20.3 Å². The molecule has 0 amide bonds. The Kier molecular flexibility index (Phi) is 3.69. The summed E-state index contributed by atoms with van der Waals surface area (Å²) >= 11 is 1.70. The number of nitrogens with zero attached hydrogens (tertiary/aromatic N) is 2. The predicted octanol–water partition coefficient (Wildman–Crippen LogP) is 2.07. The third kappa shape index (κ3) is 2.90. The van der Waals surface area contributed by atoms with Gasteiger partial charge in [0.25, 0.3) is 0 Å². The van der Waals surface area contributed by atoms with E-state index in [1.165, 1.54) is 0 Å². The van der Waals surface area contributed by atoms with E-state index in [0.29, 0.717) is 6.04 Å². The minimum absolute atomic E-state index is 0.313. The Balaban J connectivity index is 1.78. The minimum atomic E-state index is 0.313. The first-order chi connectivity index (χ1) is 7.75. The van der Waals surface area contributed by atoms with Crippen molar-refractivity contribution >= 4 is 11.3 Å². The third-order valence-electron chi connectivity index (χ3n) is 2.48. The zero-order valence-electron chi connectivity index (χ0n) is 9.53. The Morgan fingerprint density at radius 3 is 3.06 bits per heavy atom. The van der Waals surface area contributed by atoms with Gasteiger partial charge in [-0.05, 0) is 13.8 Å². The average Bonchev–Trinajstić information content (AvgIpc) is 2.89. The molecule has 2 N–H and O–H groups in total. The van der Waals surface area contributed by atoms with E-state index in [0.717, 1.165) is 29.4 Å². The molecule has 16 heavy (non-hydrogen) atoms. The Labute approximate surface area is 99.2 Å². The highest BCUT2D eigenvalue weighted by atomic mass is 32.1. The van der Waals surface area contributed by atoms with Crippen LogP contribution in [0.2, 0.25) is 0 Å². The standard InChI is InChI=1S/C11H16N4S/c1-8(11-6-16-9(2)15-11)13-4-3-10-5-12-7-14-10/h5-8,13H,3-4H2,1-2H3,(H,12,14). The molecule has 2 rings (SSSR count). The van der Waals surface area contributed by atoms with Crippen LogP contribution in [0.1, 0.15) is 29.4 Å². The summed E-state index contributed by atoms with van der Waals surface area (Å²) in [7, 11) is 0. The van der Waals surface area contributed by atoms with E-state index < -0.39 is 0 Å².